The molecule has 0 amide bonds. The Kier molecular flexibility index (Phi) is 6.48. The first-order valence-corrected chi connectivity index (χ1v) is 3.97. The molecule has 0 nitrogen and oxygen atoms in total. The lowest BCUT2D eigenvalue weighted by Gasteiger charge is -1.81. The van der Waals surface area contributed by atoms with Gasteiger partial charge in [0.2, 0.25) is 0 Å². The summed E-state index contributed by atoms with van der Waals surface area (Å²) in [6, 6.07) is 9.79. The Balaban J connectivity index is 0.000000291. The third kappa shape index (κ3) is 4.70. The van der Waals surface area contributed by atoms with E-state index in [0.717, 1.165) is 4.90 Å². The quantitative estimate of drug-likeness (QED) is 0.578. The van der Waals surface area contributed by atoms with Crippen molar-refractivity contribution in [1.29, 1.82) is 0 Å². The van der Waals surface area contributed by atoms with E-state index in [0.29, 0.717) is 0 Å². The molecular formula is C6H6ClS2. The summed E-state index contributed by atoms with van der Waals surface area (Å²) in [7, 11) is 4.22. The van der Waals surface area contributed by atoms with E-state index in [2.05, 4.69) is 35.2 Å². The molecule has 0 bridgehead atoms. The van der Waals surface area contributed by atoms with Crippen molar-refractivity contribution in [1.82, 2.24) is 0 Å². The maximum atomic E-state index is 4.22. The van der Waals surface area contributed by atoms with Gasteiger partial charge in [0.1, 0.15) is 0 Å². The molecule has 3 heteroatoms. The average Bonchev–Trinajstić information content (AvgIpc) is 1.94. The van der Waals surface area contributed by atoms with Crippen LogP contribution in [0.15, 0.2) is 35.2 Å². The van der Waals surface area contributed by atoms with E-state index in [4.69, 9.17) is 0 Å². The van der Waals surface area contributed by atoms with E-state index in [-0.39, 0.29) is 0 Å². The molecule has 9 heavy (non-hydrogen) atoms. The molecule has 0 N–H and O–H groups in total. The maximum absolute atomic E-state index is 4.22. The highest BCUT2D eigenvalue weighted by atomic mass is 35.7. The van der Waals surface area contributed by atoms with Crippen LogP contribution in [0.2, 0.25) is 0 Å². The molecule has 0 saturated carbocycles. The number of rotatable bonds is 0. The van der Waals surface area contributed by atoms with Crippen molar-refractivity contribution in [3.05, 3.63) is 30.3 Å². The van der Waals surface area contributed by atoms with Crippen LogP contribution in [0.5, 0.6) is 0 Å². The van der Waals surface area contributed by atoms with Crippen LogP contribution in [0.25, 0.3) is 0 Å². The zero-order chi connectivity index (χ0) is 7.11. The van der Waals surface area contributed by atoms with Gasteiger partial charge in [0.15, 0.2) is 0 Å². The largest absolute Gasteiger partial charge is 0.143 e. The van der Waals surface area contributed by atoms with E-state index in [1.54, 1.807) is 0 Å². The SMILES string of the molecule is Sc1ccccc1.[S]Cl. The van der Waals surface area contributed by atoms with Gasteiger partial charge in [-0.2, -0.15) is 0 Å². The van der Waals surface area contributed by atoms with E-state index >= 15 is 0 Å². The Morgan fingerprint density at radius 1 is 1.11 bits per heavy atom. The summed E-state index contributed by atoms with van der Waals surface area (Å²) in [4.78, 5) is 1.02. The summed E-state index contributed by atoms with van der Waals surface area (Å²) in [6.07, 6.45) is 0. The molecule has 0 atom stereocenters. The van der Waals surface area contributed by atoms with Gasteiger partial charge in [0.05, 0.1) is 0 Å². The van der Waals surface area contributed by atoms with Gasteiger partial charge >= 0.3 is 0 Å². The Labute approximate surface area is 70.6 Å². The van der Waals surface area contributed by atoms with Crippen molar-refractivity contribution >= 4 is 35.2 Å². The third-order valence-corrected chi connectivity index (χ3v) is 1.05. The average molecular weight is 178 g/mol. The Morgan fingerprint density at radius 3 is 1.78 bits per heavy atom. The van der Waals surface area contributed by atoms with Crippen molar-refractivity contribution < 1.29 is 0 Å². The highest BCUT2D eigenvalue weighted by molar-refractivity contribution is 8.05. The monoisotopic (exact) mass is 177 g/mol. The Bertz CT molecular complexity index is 141. The number of hydrogen-bond donors (Lipinski definition) is 1. The summed E-state index contributed by atoms with van der Waals surface area (Å²) >= 11 is 7.64. The lowest BCUT2D eigenvalue weighted by atomic mass is 10.4. The van der Waals surface area contributed by atoms with Crippen LogP contribution in [-0.4, -0.2) is 0 Å². The molecule has 1 rings (SSSR count). The van der Waals surface area contributed by atoms with Gasteiger partial charge in [-0.3, -0.25) is 0 Å². The van der Waals surface area contributed by atoms with Crippen molar-refractivity contribution in [2.24, 2.45) is 0 Å². The normalized spacial score (nSPS) is 7.44. The predicted octanol–water partition coefficient (Wildman–Crippen LogP) is 3.31. The molecule has 1 aromatic rings. The minimum Gasteiger partial charge on any atom is -0.143 e. The molecule has 0 saturated heterocycles. The number of thiol groups is 1. The zero-order valence-corrected chi connectivity index (χ0v) is 7.09. The molecule has 1 radical (unpaired) electrons. The van der Waals surface area contributed by atoms with E-state index in [1.807, 2.05) is 30.3 Å². The number of benzene rings is 1. The first kappa shape index (κ1) is 9.21. The van der Waals surface area contributed by atoms with E-state index in [1.165, 1.54) is 0 Å². The van der Waals surface area contributed by atoms with Crippen LogP contribution in [0.4, 0.5) is 0 Å². The van der Waals surface area contributed by atoms with Crippen LogP contribution in [0.1, 0.15) is 0 Å². The highest BCUT2D eigenvalue weighted by Gasteiger charge is 1.73. The molecule has 1 aromatic carbocycles. The first-order chi connectivity index (χ1) is 4.39. The summed E-state index contributed by atoms with van der Waals surface area (Å²) in [5, 5.41) is 0. The molecule has 0 unspecified atom stereocenters. The molecule has 49 valence electrons. The van der Waals surface area contributed by atoms with Gasteiger partial charge in [-0.25, -0.2) is 0 Å². The standard InChI is InChI=1S/C6H6S.ClS/c7-6-4-2-1-3-5-6;1-2/h1-5,7H;. The zero-order valence-electron chi connectivity index (χ0n) is 4.62. The number of halogens is 1. The molecular weight excluding hydrogens is 172 g/mol. The fraction of sp³-hybridized carbons (Fsp3) is 0. The van der Waals surface area contributed by atoms with Crippen molar-refractivity contribution in [2.75, 3.05) is 0 Å². The van der Waals surface area contributed by atoms with Crippen molar-refractivity contribution in [3.63, 3.8) is 0 Å². The highest BCUT2D eigenvalue weighted by Crippen LogP contribution is 2.00. The van der Waals surface area contributed by atoms with Crippen LogP contribution in [0, 0.1) is 0 Å². The minimum absolute atomic E-state index is 1.02. The lowest BCUT2D eigenvalue weighted by molar-refractivity contribution is 1.48. The molecule has 0 spiro atoms. The second-order valence-electron chi connectivity index (χ2n) is 1.34. The lowest BCUT2D eigenvalue weighted by Crippen LogP contribution is -1.56. The van der Waals surface area contributed by atoms with Crippen LogP contribution < -0.4 is 0 Å². The fourth-order valence-electron chi connectivity index (χ4n) is 0.428. The maximum Gasteiger partial charge on any atom is 0.0305 e. The van der Waals surface area contributed by atoms with Crippen molar-refractivity contribution in [2.45, 2.75) is 4.90 Å². The molecule has 0 fully saturated rings. The summed E-state index contributed by atoms with van der Waals surface area (Å²) < 4.78 is 0. The minimum atomic E-state index is 1.02. The Hall–Kier alpha value is 0.210. The van der Waals surface area contributed by atoms with Crippen LogP contribution in [0.3, 0.4) is 0 Å². The first-order valence-electron chi connectivity index (χ1n) is 2.29. The molecule has 0 aliphatic heterocycles. The van der Waals surface area contributed by atoms with Crippen LogP contribution >= 0.6 is 35.2 Å². The van der Waals surface area contributed by atoms with Crippen LogP contribution in [-0.2, 0) is 0 Å². The van der Waals surface area contributed by atoms with Gasteiger partial charge < -0.3 is 0 Å². The second-order valence-corrected chi connectivity index (χ2v) is 1.85. The predicted molar refractivity (Wildman–Crippen MR) is 47.1 cm³/mol. The summed E-state index contributed by atoms with van der Waals surface area (Å²) in [6.45, 7) is 0. The van der Waals surface area contributed by atoms with Gasteiger partial charge in [-0.1, -0.05) is 18.2 Å². The molecule has 0 heterocycles. The molecule has 0 aromatic heterocycles. The van der Waals surface area contributed by atoms with E-state index < -0.39 is 0 Å². The van der Waals surface area contributed by atoms with Crippen molar-refractivity contribution in [3.8, 4) is 0 Å². The summed E-state index contributed by atoms with van der Waals surface area (Å²) in [5.41, 5.74) is 0. The molecule has 0 aliphatic carbocycles. The smallest absolute Gasteiger partial charge is 0.0305 e. The molecule has 0 aliphatic rings. The van der Waals surface area contributed by atoms with Gasteiger partial charge in [0, 0.05) is 16.7 Å². The van der Waals surface area contributed by atoms with Gasteiger partial charge in [-0.05, 0) is 22.8 Å². The second kappa shape index (κ2) is 6.33. The van der Waals surface area contributed by atoms with Gasteiger partial charge in [0.25, 0.3) is 0 Å². The Morgan fingerprint density at radius 2 is 1.56 bits per heavy atom. The summed E-state index contributed by atoms with van der Waals surface area (Å²) in [5.74, 6) is 0. The van der Waals surface area contributed by atoms with Gasteiger partial charge in [-0.15, -0.1) is 12.6 Å². The van der Waals surface area contributed by atoms with E-state index in [9.17, 15) is 0 Å². The topological polar surface area (TPSA) is 0 Å². The fourth-order valence-corrected chi connectivity index (χ4v) is 0.600. The third-order valence-electron chi connectivity index (χ3n) is 0.756. The number of hydrogen-bond acceptors (Lipinski definition) is 1.